The first kappa shape index (κ1) is 10.4. The number of aromatic nitrogens is 2. The van der Waals surface area contributed by atoms with Crippen molar-refractivity contribution in [3.8, 4) is 5.88 Å². The summed E-state index contributed by atoms with van der Waals surface area (Å²) < 4.78 is 10.0. The molecule has 14 heavy (non-hydrogen) atoms. The van der Waals surface area contributed by atoms with Crippen LogP contribution in [0.2, 0.25) is 0 Å². The second kappa shape index (κ2) is 5.13. The van der Waals surface area contributed by atoms with Crippen molar-refractivity contribution in [2.45, 2.75) is 0 Å². The highest BCUT2D eigenvalue weighted by Crippen LogP contribution is 2.11. The minimum absolute atomic E-state index is 0.0904. The Kier molecular flexibility index (Phi) is 3.81. The van der Waals surface area contributed by atoms with E-state index in [0.29, 0.717) is 18.8 Å². The molecule has 3 N–H and O–H groups in total. The normalized spacial score (nSPS) is 9.79. The van der Waals surface area contributed by atoms with E-state index in [-0.39, 0.29) is 11.7 Å². The Morgan fingerprint density at radius 3 is 3.00 bits per heavy atom. The van der Waals surface area contributed by atoms with Crippen LogP contribution in [-0.2, 0) is 4.74 Å². The van der Waals surface area contributed by atoms with E-state index in [4.69, 9.17) is 20.6 Å². The highest BCUT2D eigenvalue weighted by atomic mass is 16.5. The van der Waals surface area contributed by atoms with Crippen LogP contribution in [0.5, 0.6) is 5.88 Å². The molecule has 0 aliphatic rings. The van der Waals surface area contributed by atoms with E-state index in [1.165, 1.54) is 6.20 Å². The second-order valence-electron chi connectivity index (χ2n) is 2.50. The Morgan fingerprint density at radius 2 is 2.36 bits per heavy atom. The van der Waals surface area contributed by atoms with Gasteiger partial charge in [0.25, 0.3) is 0 Å². The van der Waals surface area contributed by atoms with Crippen LogP contribution in [0.15, 0.2) is 12.3 Å². The molecule has 0 fully saturated rings. The van der Waals surface area contributed by atoms with Gasteiger partial charge in [0.1, 0.15) is 12.4 Å². The zero-order valence-corrected chi connectivity index (χ0v) is 7.86. The average molecular weight is 196 g/mol. The van der Waals surface area contributed by atoms with Crippen molar-refractivity contribution in [2.24, 2.45) is 5.73 Å². The maximum Gasteiger partial charge on any atom is 0.244 e. The maximum absolute atomic E-state index is 7.26. The molecule has 0 radical (unpaired) electrons. The van der Waals surface area contributed by atoms with Crippen LogP contribution < -0.4 is 10.5 Å². The van der Waals surface area contributed by atoms with Crippen molar-refractivity contribution >= 4 is 5.84 Å². The SMILES string of the molecule is COCCOc1nnccc1C(=N)N. The predicted molar refractivity (Wildman–Crippen MR) is 50.4 cm³/mol. The smallest absolute Gasteiger partial charge is 0.244 e. The maximum atomic E-state index is 7.26. The molecule has 0 unspecified atom stereocenters. The molecule has 1 heterocycles. The Bertz CT molecular complexity index is 316. The molecule has 0 amide bonds. The van der Waals surface area contributed by atoms with Crippen LogP contribution in [0, 0.1) is 5.41 Å². The van der Waals surface area contributed by atoms with E-state index in [9.17, 15) is 0 Å². The summed E-state index contributed by atoms with van der Waals surface area (Å²) in [6.45, 7) is 0.809. The predicted octanol–water partition coefficient (Wildman–Crippen LogP) is -0.214. The summed E-state index contributed by atoms with van der Waals surface area (Å²) in [6, 6.07) is 1.58. The van der Waals surface area contributed by atoms with Gasteiger partial charge in [-0.25, -0.2) is 0 Å². The molecular formula is C8H12N4O2. The first-order chi connectivity index (χ1) is 6.75. The van der Waals surface area contributed by atoms with Gasteiger partial charge in [0, 0.05) is 7.11 Å². The zero-order valence-electron chi connectivity index (χ0n) is 7.86. The number of nitrogens with zero attached hydrogens (tertiary/aromatic N) is 2. The molecule has 76 valence electrons. The van der Waals surface area contributed by atoms with E-state index in [2.05, 4.69) is 10.2 Å². The lowest BCUT2D eigenvalue weighted by molar-refractivity contribution is 0.143. The summed E-state index contributed by atoms with van der Waals surface area (Å²) in [7, 11) is 1.58. The molecule has 6 heteroatoms. The van der Waals surface area contributed by atoms with Gasteiger partial charge in [-0.15, -0.1) is 5.10 Å². The Balaban J connectivity index is 2.69. The van der Waals surface area contributed by atoms with Gasteiger partial charge in [-0.2, -0.15) is 5.10 Å². The summed E-state index contributed by atoms with van der Waals surface area (Å²) in [4.78, 5) is 0. The van der Waals surface area contributed by atoms with Gasteiger partial charge in [0.2, 0.25) is 5.88 Å². The highest BCUT2D eigenvalue weighted by molar-refractivity contribution is 5.96. The summed E-state index contributed by atoms with van der Waals surface area (Å²) >= 11 is 0. The highest BCUT2D eigenvalue weighted by Gasteiger charge is 2.07. The molecule has 1 aromatic heterocycles. The van der Waals surface area contributed by atoms with E-state index in [1.54, 1.807) is 13.2 Å². The van der Waals surface area contributed by atoms with Gasteiger partial charge in [0.05, 0.1) is 18.4 Å². The fourth-order valence-electron chi connectivity index (χ4n) is 0.852. The molecular weight excluding hydrogens is 184 g/mol. The number of amidine groups is 1. The molecule has 1 rings (SSSR count). The number of hydrogen-bond acceptors (Lipinski definition) is 5. The van der Waals surface area contributed by atoms with Crippen LogP contribution in [0.4, 0.5) is 0 Å². The number of rotatable bonds is 5. The molecule has 0 spiro atoms. The van der Waals surface area contributed by atoms with Gasteiger partial charge < -0.3 is 15.2 Å². The number of nitrogens with two attached hydrogens (primary N) is 1. The zero-order chi connectivity index (χ0) is 10.4. The number of nitrogen functional groups attached to an aromatic ring is 1. The number of hydrogen-bond donors (Lipinski definition) is 2. The summed E-state index contributed by atoms with van der Waals surface area (Å²) in [6.07, 6.45) is 1.46. The average Bonchev–Trinajstić information content (AvgIpc) is 2.19. The van der Waals surface area contributed by atoms with Gasteiger partial charge in [-0.3, -0.25) is 5.41 Å². The van der Waals surface area contributed by atoms with Crippen LogP contribution in [0.3, 0.4) is 0 Å². The number of methoxy groups -OCH3 is 1. The molecule has 0 aliphatic heterocycles. The minimum Gasteiger partial charge on any atom is -0.474 e. The largest absolute Gasteiger partial charge is 0.474 e. The van der Waals surface area contributed by atoms with E-state index in [0.717, 1.165) is 0 Å². The van der Waals surface area contributed by atoms with Crippen LogP contribution in [-0.4, -0.2) is 36.4 Å². The van der Waals surface area contributed by atoms with Crippen molar-refractivity contribution in [2.75, 3.05) is 20.3 Å². The van der Waals surface area contributed by atoms with Gasteiger partial charge in [-0.05, 0) is 6.07 Å². The first-order valence-corrected chi connectivity index (χ1v) is 4.03. The van der Waals surface area contributed by atoms with E-state index >= 15 is 0 Å². The van der Waals surface area contributed by atoms with Crippen molar-refractivity contribution < 1.29 is 9.47 Å². The van der Waals surface area contributed by atoms with Crippen molar-refractivity contribution in [1.82, 2.24) is 10.2 Å². The monoisotopic (exact) mass is 196 g/mol. The second-order valence-corrected chi connectivity index (χ2v) is 2.50. The van der Waals surface area contributed by atoms with Crippen LogP contribution in [0.1, 0.15) is 5.56 Å². The molecule has 0 aromatic carbocycles. The Hall–Kier alpha value is -1.69. The molecule has 1 aromatic rings. The fraction of sp³-hybridized carbons (Fsp3) is 0.375. The lowest BCUT2D eigenvalue weighted by Crippen LogP contribution is -2.15. The van der Waals surface area contributed by atoms with Crippen LogP contribution in [0.25, 0.3) is 0 Å². The molecule has 0 atom stereocenters. The topological polar surface area (TPSA) is 94.1 Å². The number of ether oxygens (including phenoxy) is 2. The standard InChI is InChI=1S/C8H12N4O2/c1-13-4-5-14-8-6(7(9)10)2-3-11-12-8/h2-3H,4-5H2,1H3,(H3,9,10). The van der Waals surface area contributed by atoms with E-state index in [1.807, 2.05) is 0 Å². The van der Waals surface area contributed by atoms with Crippen LogP contribution >= 0.6 is 0 Å². The molecule has 6 nitrogen and oxygen atoms in total. The Labute approximate surface area is 81.6 Å². The minimum atomic E-state index is -0.0904. The van der Waals surface area contributed by atoms with Gasteiger partial charge in [-0.1, -0.05) is 0 Å². The van der Waals surface area contributed by atoms with Crippen molar-refractivity contribution in [1.29, 1.82) is 5.41 Å². The number of nitrogens with one attached hydrogen (secondary N) is 1. The van der Waals surface area contributed by atoms with Crippen molar-refractivity contribution in [3.05, 3.63) is 17.8 Å². The first-order valence-electron chi connectivity index (χ1n) is 4.03. The quantitative estimate of drug-likeness (QED) is 0.386. The summed E-state index contributed by atoms with van der Waals surface area (Å²) in [5.41, 5.74) is 5.76. The molecule has 0 saturated heterocycles. The summed E-state index contributed by atoms with van der Waals surface area (Å²) in [5.74, 6) is 0.171. The summed E-state index contributed by atoms with van der Waals surface area (Å²) in [5, 5.41) is 14.6. The third-order valence-electron chi connectivity index (χ3n) is 1.50. The third kappa shape index (κ3) is 2.67. The molecule has 0 bridgehead atoms. The van der Waals surface area contributed by atoms with E-state index < -0.39 is 0 Å². The van der Waals surface area contributed by atoms with Crippen molar-refractivity contribution in [3.63, 3.8) is 0 Å². The lowest BCUT2D eigenvalue weighted by atomic mass is 10.3. The van der Waals surface area contributed by atoms with Gasteiger partial charge >= 0.3 is 0 Å². The third-order valence-corrected chi connectivity index (χ3v) is 1.50. The molecule has 0 saturated carbocycles. The lowest BCUT2D eigenvalue weighted by Gasteiger charge is -2.07. The Morgan fingerprint density at radius 1 is 1.57 bits per heavy atom. The van der Waals surface area contributed by atoms with Gasteiger partial charge in [0.15, 0.2) is 0 Å². The fourth-order valence-corrected chi connectivity index (χ4v) is 0.852. The molecule has 0 aliphatic carbocycles.